The van der Waals surface area contributed by atoms with Crippen molar-refractivity contribution in [3.63, 3.8) is 0 Å². The van der Waals surface area contributed by atoms with Crippen molar-refractivity contribution in [1.29, 1.82) is 0 Å². The number of nitrogens with zero attached hydrogens (tertiary/aromatic N) is 2. The minimum Gasteiger partial charge on any atom is -0.378 e. The van der Waals surface area contributed by atoms with Crippen LogP contribution in [0.4, 0.5) is 16.2 Å². The largest absolute Gasteiger partial charge is 0.378 e. The lowest BCUT2D eigenvalue weighted by Crippen LogP contribution is -2.47. The van der Waals surface area contributed by atoms with Crippen LogP contribution in [-0.2, 0) is 32.7 Å². The first-order valence-electron chi connectivity index (χ1n) is 11.9. The third kappa shape index (κ3) is 3.92. The molecule has 0 radical (unpaired) electrons. The van der Waals surface area contributed by atoms with Crippen LogP contribution in [0.2, 0.25) is 0 Å². The topological polar surface area (TPSA) is 91.0 Å². The summed E-state index contributed by atoms with van der Waals surface area (Å²) in [7, 11) is 0. The molecule has 178 valence electrons. The van der Waals surface area contributed by atoms with Gasteiger partial charge >= 0.3 is 6.03 Å². The highest BCUT2D eigenvalue weighted by Crippen LogP contribution is 2.33. The molecule has 1 aliphatic carbocycles. The highest BCUT2D eigenvalue weighted by atomic mass is 16.5. The first kappa shape index (κ1) is 22.4. The number of aryl methyl sites for hydroxylation is 2. The maximum atomic E-state index is 13.4. The Bertz CT molecular complexity index is 1130. The summed E-state index contributed by atoms with van der Waals surface area (Å²) in [5.74, 6) is -0.832. The number of urea groups is 1. The minimum absolute atomic E-state index is 0.416. The molecule has 0 spiro atoms. The monoisotopic (exact) mass is 462 g/mol. The summed E-state index contributed by atoms with van der Waals surface area (Å²) in [6, 6.07) is 12.0. The molecular formula is C26H30N4O4. The summed E-state index contributed by atoms with van der Waals surface area (Å²) in [4.78, 5) is 42.5. The SMILES string of the molecule is C[C@@H](C(=O)Nc1ccc(N2CCOCC2)cc1)N1C(=O)N[C@@](C)(c2ccc3c(c2)CCC3)C1=O. The van der Waals surface area contributed by atoms with Crippen LogP contribution in [-0.4, -0.2) is 55.1 Å². The van der Waals surface area contributed by atoms with E-state index < -0.39 is 29.4 Å². The Balaban J connectivity index is 1.28. The Labute approximate surface area is 199 Å². The summed E-state index contributed by atoms with van der Waals surface area (Å²) in [6.07, 6.45) is 3.13. The molecule has 4 amide bonds. The van der Waals surface area contributed by atoms with Gasteiger partial charge in [-0.2, -0.15) is 0 Å². The van der Waals surface area contributed by atoms with E-state index in [1.165, 1.54) is 11.1 Å². The fourth-order valence-corrected chi connectivity index (χ4v) is 5.03. The quantitative estimate of drug-likeness (QED) is 0.667. The molecule has 8 heteroatoms. The maximum Gasteiger partial charge on any atom is 0.326 e. The van der Waals surface area contributed by atoms with E-state index in [0.29, 0.717) is 18.9 Å². The van der Waals surface area contributed by atoms with Crippen molar-refractivity contribution < 1.29 is 19.1 Å². The standard InChI is InChI=1S/C26H30N4O4/c1-17(23(31)27-21-8-10-22(11-9-21)29-12-14-34-15-13-29)30-24(32)26(2,28-25(30)33)20-7-6-18-4-3-5-19(18)16-20/h6-11,16-17H,3-5,12-15H2,1-2H3,(H,27,31)(H,28,33)/t17-,26-/m0/s1. The van der Waals surface area contributed by atoms with Crippen molar-refractivity contribution in [2.75, 3.05) is 36.5 Å². The molecule has 2 atom stereocenters. The summed E-state index contributed by atoms with van der Waals surface area (Å²) in [6.45, 7) is 6.34. The van der Waals surface area contributed by atoms with Gasteiger partial charge in [0.2, 0.25) is 5.91 Å². The van der Waals surface area contributed by atoms with Crippen molar-refractivity contribution in [3.8, 4) is 0 Å². The number of hydrogen-bond donors (Lipinski definition) is 2. The second-order valence-electron chi connectivity index (χ2n) is 9.38. The molecule has 2 fully saturated rings. The number of carbonyl (C=O) groups is 3. The van der Waals surface area contributed by atoms with Crippen LogP contribution in [0.25, 0.3) is 0 Å². The van der Waals surface area contributed by atoms with Gasteiger partial charge < -0.3 is 20.3 Å². The molecule has 0 bridgehead atoms. The number of anilines is 2. The average Bonchev–Trinajstić information content (AvgIpc) is 3.41. The molecule has 2 saturated heterocycles. The fourth-order valence-electron chi connectivity index (χ4n) is 5.03. The van der Waals surface area contributed by atoms with Gasteiger partial charge in [0.25, 0.3) is 5.91 Å². The molecule has 0 aromatic heterocycles. The minimum atomic E-state index is -1.19. The zero-order chi connectivity index (χ0) is 23.9. The molecule has 2 heterocycles. The fraction of sp³-hybridized carbons (Fsp3) is 0.423. The zero-order valence-corrected chi connectivity index (χ0v) is 19.6. The van der Waals surface area contributed by atoms with Crippen LogP contribution in [0.1, 0.15) is 37.0 Å². The van der Waals surface area contributed by atoms with Crippen molar-refractivity contribution in [2.24, 2.45) is 0 Å². The molecule has 34 heavy (non-hydrogen) atoms. The lowest BCUT2D eigenvalue weighted by molar-refractivity contribution is -0.136. The number of benzene rings is 2. The zero-order valence-electron chi connectivity index (χ0n) is 19.6. The van der Waals surface area contributed by atoms with Gasteiger partial charge in [-0.15, -0.1) is 0 Å². The molecule has 2 N–H and O–H groups in total. The third-order valence-corrected chi connectivity index (χ3v) is 7.18. The number of carbonyl (C=O) groups excluding carboxylic acids is 3. The predicted octanol–water partition coefficient (Wildman–Crippen LogP) is 2.81. The number of nitrogens with one attached hydrogen (secondary N) is 2. The summed E-state index contributed by atoms with van der Waals surface area (Å²) >= 11 is 0. The molecule has 8 nitrogen and oxygen atoms in total. The van der Waals surface area contributed by atoms with Gasteiger partial charge in [0.15, 0.2) is 0 Å². The van der Waals surface area contributed by atoms with Crippen LogP contribution in [0.15, 0.2) is 42.5 Å². The maximum absolute atomic E-state index is 13.4. The van der Waals surface area contributed by atoms with Gasteiger partial charge in [-0.05, 0) is 74.1 Å². The molecule has 2 aliphatic heterocycles. The molecule has 5 rings (SSSR count). The molecule has 2 aromatic carbocycles. The lowest BCUT2D eigenvalue weighted by Gasteiger charge is -2.29. The number of hydrogen-bond acceptors (Lipinski definition) is 5. The molecular weight excluding hydrogens is 432 g/mol. The Morgan fingerprint density at radius 2 is 1.76 bits per heavy atom. The van der Waals surface area contributed by atoms with E-state index in [-0.39, 0.29) is 0 Å². The number of ether oxygens (including phenoxy) is 1. The van der Waals surface area contributed by atoms with Gasteiger partial charge in [-0.3, -0.25) is 9.59 Å². The second kappa shape index (κ2) is 8.76. The Morgan fingerprint density at radius 3 is 2.50 bits per heavy atom. The van der Waals surface area contributed by atoms with Crippen molar-refractivity contribution in [1.82, 2.24) is 10.2 Å². The molecule has 2 aromatic rings. The highest BCUT2D eigenvalue weighted by Gasteiger charge is 2.52. The van der Waals surface area contributed by atoms with E-state index in [1.54, 1.807) is 13.8 Å². The Kier molecular flexibility index (Phi) is 5.77. The molecule has 0 saturated carbocycles. The van der Waals surface area contributed by atoms with Crippen LogP contribution >= 0.6 is 0 Å². The molecule has 0 unspecified atom stereocenters. The van der Waals surface area contributed by atoms with E-state index in [4.69, 9.17) is 4.74 Å². The summed E-state index contributed by atoms with van der Waals surface area (Å²) in [5, 5.41) is 5.66. The van der Waals surface area contributed by atoms with Crippen LogP contribution in [0.5, 0.6) is 0 Å². The number of fused-ring (bicyclic) bond motifs is 1. The lowest BCUT2D eigenvalue weighted by atomic mass is 9.89. The van der Waals surface area contributed by atoms with Gasteiger partial charge in [0.05, 0.1) is 13.2 Å². The van der Waals surface area contributed by atoms with E-state index >= 15 is 0 Å². The first-order chi connectivity index (χ1) is 16.4. The predicted molar refractivity (Wildman–Crippen MR) is 129 cm³/mol. The van der Waals surface area contributed by atoms with Crippen LogP contribution in [0.3, 0.4) is 0 Å². The number of amides is 4. The second-order valence-corrected chi connectivity index (χ2v) is 9.38. The van der Waals surface area contributed by atoms with E-state index in [9.17, 15) is 14.4 Å². The van der Waals surface area contributed by atoms with Gasteiger partial charge in [0.1, 0.15) is 11.6 Å². The van der Waals surface area contributed by atoms with Crippen LogP contribution in [0, 0.1) is 0 Å². The normalized spacial score (nSPS) is 23.0. The number of rotatable bonds is 5. The third-order valence-electron chi connectivity index (χ3n) is 7.18. The van der Waals surface area contributed by atoms with E-state index in [0.717, 1.165) is 48.5 Å². The average molecular weight is 463 g/mol. The van der Waals surface area contributed by atoms with Gasteiger partial charge in [-0.1, -0.05) is 18.2 Å². The highest BCUT2D eigenvalue weighted by molar-refractivity contribution is 6.11. The van der Waals surface area contributed by atoms with Crippen LogP contribution < -0.4 is 15.5 Å². The van der Waals surface area contributed by atoms with E-state index in [2.05, 4.69) is 15.5 Å². The Hall–Kier alpha value is -3.39. The van der Waals surface area contributed by atoms with Crippen molar-refractivity contribution in [3.05, 3.63) is 59.2 Å². The van der Waals surface area contributed by atoms with Crippen molar-refractivity contribution in [2.45, 2.75) is 44.7 Å². The Morgan fingerprint density at radius 1 is 1.06 bits per heavy atom. The number of morpholine rings is 1. The summed E-state index contributed by atoms with van der Waals surface area (Å²) < 4.78 is 5.39. The van der Waals surface area contributed by atoms with Crippen molar-refractivity contribution >= 4 is 29.2 Å². The first-order valence-corrected chi connectivity index (χ1v) is 11.9. The van der Waals surface area contributed by atoms with Gasteiger partial charge in [0, 0.05) is 24.5 Å². The summed E-state index contributed by atoms with van der Waals surface area (Å²) in [5.41, 5.74) is 3.76. The molecule has 3 aliphatic rings. The van der Waals surface area contributed by atoms with E-state index in [1.807, 2.05) is 42.5 Å². The van der Waals surface area contributed by atoms with Gasteiger partial charge in [-0.25, -0.2) is 9.69 Å². The number of imide groups is 1. The smallest absolute Gasteiger partial charge is 0.326 e.